The molecule has 0 atom stereocenters. The summed E-state index contributed by atoms with van der Waals surface area (Å²) in [4.78, 5) is 39.6. The van der Waals surface area contributed by atoms with Gasteiger partial charge in [-0.05, 0) is 31.2 Å². The third-order valence-electron chi connectivity index (χ3n) is 4.39. The van der Waals surface area contributed by atoms with Crippen LogP contribution in [-0.4, -0.2) is 76.1 Å². The van der Waals surface area contributed by atoms with E-state index >= 15 is 0 Å². The molecule has 1 fully saturated rings. The molecule has 0 spiro atoms. The zero-order chi connectivity index (χ0) is 19.1. The predicted molar refractivity (Wildman–Crippen MR) is 98.8 cm³/mol. The number of pyridine rings is 1. The van der Waals surface area contributed by atoms with Gasteiger partial charge in [-0.2, -0.15) is 0 Å². The number of hydrogen-bond donors (Lipinski definition) is 2. The van der Waals surface area contributed by atoms with Crippen LogP contribution in [0.15, 0.2) is 36.8 Å². The number of piperazine rings is 1. The highest BCUT2D eigenvalue weighted by Gasteiger charge is 2.18. The molecule has 142 valence electrons. The molecule has 0 bridgehead atoms. The molecule has 1 aliphatic rings. The molecule has 3 heterocycles. The molecule has 1 aliphatic heterocycles. The second-order valence-electron chi connectivity index (χ2n) is 6.22. The first-order chi connectivity index (χ1) is 13.1. The van der Waals surface area contributed by atoms with E-state index in [1.54, 1.807) is 12.4 Å². The molecule has 1 saturated heterocycles. The number of carbonyl (C=O) groups excluding carboxylic acids is 1. The van der Waals surface area contributed by atoms with Crippen molar-refractivity contribution in [3.8, 4) is 0 Å². The van der Waals surface area contributed by atoms with E-state index in [0.29, 0.717) is 12.1 Å². The smallest absolute Gasteiger partial charge is 0.354 e. The van der Waals surface area contributed by atoms with E-state index in [-0.39, 0.29) is 11.6 Å². The van der Waals surface area contributed by atoms with E-state index in [2.05, 4.69) is 30.1 Å². The molecule has 2 aromatic heterocycles. The summed E-state index contributed by atoms with van der Waals surface area (Å²) in [5.41, 5.74) is 0.281. The minimum Gasteiger partial charge on any atom is -0.477 e. The van der Waals surface area contributed by atoms with Crippen LogP contribution < -0.4 is 10.2 Å². The van der Waals surface area contributed by atoms with Crippen LogP contribution in [-0.2, 0) is 0 Å². The molecule has 9 heteroatoms. The van der Waals surface area contributed by atoms with Gasteiger partial charge in [-0.15, -0.1) is 0 Å². The van der Waals surface area contributed by atoms with Crippen LogP contribution in [0.2, 0.25) is 0 Å². The van der Waals surface area contributed by atoms with Crippen LogP contribution in [0.1, 0.15) is 27.3 Å². The minimum absolute atomic E-state index is 0.0772. The maximum atomic E-state index is 12.0. The first kappa shape index (κ1) is 18.7. The zero-order valence-corrected chi connectivity index (χ0v) is 14.9. The number of aromatic nitrogens is 3. The molecule has 27 heavy (non-hydrogen) atoms. The fourth-order valence-corrected chi connectivity index (χ4v) is 2.89. The topological polar surface area (TPSA) is 112 Å². The number of anilines is 1. The monoisotopic (exact) mass is 370 g/mol. The van der Waals surface area contributed by atoms with Crippen LogP contribution in [0.4, 0.5) is 5.95 Å². The van der Waals surface area contributed by atoms with Crippen molar-refractivity contribution in [2.75, 3.05) is 44.2 Å². The molecule has 1 amide bonds. The Morgan fingerprint density at radius 1 is 1.07 bits per heavy atom. The van der Waals surface area contributed by atoms with E-state index in [1.807, 2.05) is 6.07 Å². The molecule has 2 N–H and O–H groups in total. The highest BCUT2D eigenvalue weighted by molar-refractivity contribution is 5.94. The number of amides is 1. The molecular weight excluding hydrogens is 348 g/mol. The van der Waals surface area contributed by atoms with Crippen LogP contribution in [0.5, 0.6) is 0 Å². The summed E-state index contributed by atoms with van der Waals surface area (Å²) in [5, 5.41) is 11.7. The summed E-state index contributed by atoms with van der Waals surface area (Å²) in [7, 11) is 0. The van der Waals surface area contributed by atoms with Gasteiger partial charge in [-0.1, -0.05) is 0 Å². The summed E-state index contributed by atoms with van der Waals surface area (Å²) >= 11 is 0. The second kappa shape index (κ2) is 9.04. The van der Waals surface area contributed by atoms with Crippen LogP contribution in [0.25, 0.3) is 0 Å². The first-order valence-electron chi connectivity index (χ1n) is 8.85. The number of carboxylic acid groups (broad SMARTS) is 1. The Kier molecular flexibility index (Phi) is 6.26. The van der Waals surface area contributed by atoms with Gasteiger partial charge >= 0.3 is 5.97 Å². The normalized spacial score (nSPS) is 14.7. The standard InChI is InChI=1S/C18H22N6O3/c25-16(14-3-4-15(17(26)27)22-13-14)19-7-2-8-23-9-11-24(12-10-23)18-20-5-1-6-21-18/h1,3-6,13H,2,7-12H2,(H,19,25)(H,26,27). The molecule has 9 nitrogen and oxygen atoms in total. The number of hydrogen-bond acceptors (Lipinski definition) is 7. The number of carbonyl (C=O) groups is 2. The van der Waals surface area contributed by atoms with Gasteiger partial charge in [-0.3, -0.25) is 9.69 Å². The number of rotatable bonds is 7. The lowest BCUT2D eigenvalue weighted by Gasteiger charge is -2.34. The Bertz CT molecular complexity index is 760. The quantitative estimate of drug-likeness (QED) is 0.678. The number of nitrogens with zero attached hydrogens (tertiary/aromatic N) is 5. The Balaban J connectivity index is 1.34. The maximum absolute atomic E-state index is 12.0. The van der Waals surface area contributed by atoms with E-state index < -0.39 is 5.97 Å². The average molecular weight is 370 g/mol. The number of nitrogens with one attached hydrogen (secondary N) is 1. The predicted octanol–water partition coefficient (Wildman–Crippen LogP) is 0.512. The van der Waals surface area contributed by atoms with Crippen molar-refractivity contribution in [3.63, 3.8) is 0 Å². The van der Waals surface area contributed by atoms with Crippen molar-refractivity contribution < 1.29 is 14.7 Å². The molecule has 2 aromatic rings. The Hall–Kier alpha value is -3.07. The maximum Gasteiger partial charge on any atom is 0.354 e. The molecule has 0 aromatic carbocycles. The Morgan fingerprint density at radius 3 is 2.44 bits per heavy atom. The third kappa shape index (κ3) is 5.20. The summed E-state index contributed by atoms with van der Waals surface area (Å²) in [6.45, 7) is 5.11. The summed E-state index contributed by atoms with van der Waals surface area (Å²) in [6.07, 6.45) is 5.63. The molecule has 0 saturated carbocycles. The van der Waals surface area contributed by atoms with Crippen LogP contribution >= 0.6 is 0 Å². The molecule has 3 rings (SSSR count). The zero-order valence-electron chi connectivity index (χ0n) is 14.9. The van der Waals surface area contributed by atoms with Crippen molar-refractivity contribution in [2.24, 2.45) is 0 Å². The van der Waals surface area contributed by atoms with Crippen molar-refractivity contribution >= 4 is 17.8 Å². The molecule has 0 unspecified atom stereocenters. The summed E-state index contributed by atoms with van der Waals surface area (Å²) in [5.74, 6) is -0.585. The molecule has 0 aliphatic carbocycles. The Morgan fingerprint density at radius 2 is 1.81 bits per heavy atom. The third-order valence-corrected chi connectivity index (χ3v) is 4.39. The highest BCUT2D eigenvalue weighted by Crippen LogP contribution is 2.09. The second-order valence-corrected chi connectivity index (χ2v) is 6.22. The van der Waals surface area contributed by atoms with Gasteiger partial charge in [-0.25, -0.2) is 19.7 Å². The fourth-order valence-electron chi connectivity index (χ4n) is 2.89. The molecule has 0 radical (unpaired) electrons. The van der Waals surface area contributed by atoms with Gasteiger partial charge < -0.3 is 15.3 Å². The van der Waals surface area contributed by atoms with Gasteiger partial charge in [0.25, 0.3) is 5.91 Å². The van der Waals surface area contributed by atoms with Gasteiger partial charge in [0.1, 0.15) is 5.69 Å². The van der Waals surface area contributed by atoms with Crippen LogP contribution in [0.3, 0.4) is 0 Å². The minimum atomic E-state index is -1.11. The Labute approximate surface area is 157 Å². The lowest BCUT2D eigenvalue weighted by Crippen LogP contribution is -2.47. The highest BCUT2D eigenvalue weighted by atomic mass is 16.4. The lowest BCUT2D eigenvalue weighted by molar-refractivity contribution is 0.0689. The van der Waals surface area contributed by atoms with E-state index in [9.17, 15) is 9.59 Å². The van der Waals surface area contributed by atoms with Crippen molar-refractivity contribution in [3.05, 3.63) is 48.0 Å². The molecular formula is C18H22N6O3. The van der Waals surface area contributed by atoms with Crippen molar-refractivity contribution in [1.82, 2.24) is 25.2 Å². The van der Waals surface area contributed by atoms with Gasteiger partial charge in [0.2, 0.25) is 5.95 Å². The first-order valence-corrected chi connectivity index (χ1v) is 8.85. The number of carboxylic acids is 1. The summed E-state index contributed by atoms with van der Waals surface area (Å²) in [6, 6.07) is 4.61. The average Bonchev–Trinajstić information content (AvgIpc) is 2.72. The van der Waals surface area contributed by atoms with Crippen LogP contribution in [0, 0.1) is 0 Å². The lowest BCUT2D eigenvalue weighted by atomic mass is 10.2. The fraction of sp³-hybridized carbons (Fsp3) is 0.389. The van der Waals surface area contributed by atoms with Crippen molar-refractivity contribution in [2.45, 2.75) is 6.42 Å². The van der Waals surface area contributed by atoms with Gasteiger partial charge in [0.05, 0.1) is 5.56 Å². The van der Waals surface area contributed by atoms with Gasteiger partial charge in [0, 0.05) is 51.3 Å². The van der Waals surface area contributed by atoms with E-state index in [1.165, 1.54) is 18.3 Å². The largest absolute Gasteiger partial charge is 0.477 e. The summed E-state index contributed by atoms with van der Waals surface area (Å²) < 4.78 is 0. The SMILES string of the molecule is O=C(NCCCN1CCN(c2ncccn2)CC1)c1ccc(C(=O)O)nc1. The van der Waals surface area contributed by atoms with Crippen molar-refractivity contribution in [1.29, 1.82) is 0 Å². The van der Waals surface area contributed by atoms with E-state index in [4.69, 9.17) is 5.11 Å². The number of aromatic carboxylic acids is 1. The van der Waals surface area contributed by atoms with Gasteiger partial charge in [0.15, 0.2) is 0 Å². The van der Waals surface area contributed by atoms with E-state index in [0.717, 1.165) is 45.1 Å².